The van der Waals surface area contributed by atoms with Crippen molar-refractivity contribution < 1.29 is 14.7 Å². The fraction of sp³-hybridized carbons (Fsp3) is 0.105. The number of rotatable bonds is 6. The van der Waals surface area contributed by atoms with Crippen molar-refractivity contribution in [3.05, 3.63) is 75.2 Å². The molecule has 0 radical (unpaired) electrons. The van der Waals surface area contributed by atoms with Gasteiger partial charge >= 0.3 is 5.97 Å². The van der Waals surface area contributed by atoms with E-state index in [-0.39, 0.29) is 12.1 Å². The van der Waals surface area contributed by atoms with E-state index in [2.05, 4.69) is 10.3 Å². The number of nitrogens with one attached hydrogen (secondary N) is 1. The van der Waals surface area contributed by atoms with Crippen LogP contribution < -0.4 is 5.32 Å². The van der Waals surface area contributed by atoms with Gasteiger partial charge < -0.3 is 10.4 Å². The number of aliphatic carboxylic acids is 1. The van der Waals surface area contributed by atoms with Crippen LogP contribution >= 0.6 is 34.5 Å². The third-order valence-electron chi connectivity index (χ3n) is 3.77. The Hall–Kier alpha value is -2.41. The second-order valence-corrected chi connectivity index (χ2v) is 7.40. The highest BCUT2D eigenvalue weighted by Gasteiger charge is 2.22. The van der Waals surface area contributed by atoms with Gasteiger partial charge in [-0.1, -0.05) is 53.5 Å². The van der Waals surface area contributed by atoms with E-state index < -0.39 is 17.9 Å². The number of hydrogen-bond acceptors (Lipinski definition) is 4. The van der Waals surface area contributed by atoms with Gasteiger partial charge in [0.2, 0.25) is 0 Å². The van der Waals surface area contributed by atoms with Crippen molar-refractivity contribution in [3.8, 4) is 10.6 Å². The lowest BCUT2D eigenvalue weighted by Gasteiger charge is -2.18. The summed E-state index contributed by atoms with van der Waals surface area (Å²) in [5, 5.41) is 15.1. The Balaban J connectivity index is 1.82. The van der Waals surface area contributed by atoms with Crippen LogP contribution in [0.3, 0.4) is 0 Å². The minimum Gasteiger partial charge on any atom is -0.481 e. The van der Waals surface area contributed by atoms with Crippen LogP contribution in [-0.4, -0.2) is 22.0 Å². The molecule has 5 nitrogen and oxygen atoms in total. The average molecular weight is 421 g/mol. The van der Waals surface area contributed by atoms with Crippen LogP contribution in [0.15, 0.2) is 53.9 Å². The van der Waals surface area contributed by atoms with Crippen molar-refractivity contribution in [2.75, 3.05) is 0 Å². The van der Waals surface area contributed by atoms with Crippen LogP contribution in [0.5, 0.6) is 0 Å². The molecule has 0 aliphatic rings. The number of halogens is 2. The molecule has 3 aromatic rings. The number of carboxylic acids is 1. The summed E-state index contributed by atoms with van der Waals surface area (Å²) < 4.78 is 0. The zero-order valence-corrected chi connectivity index (χ0v) is 16.2. The lowest BCUT2D eigenvalue weighted by molar-refractivity contribution is -0.137. The predicted molar refractivity (Wildman–Crippen MR) is 106 cm³/mol. The average Bonchev–Trinajstić information content (AvgIpc) is 3.11. The van der Waals surface area contributed by atoms with Crippen LogP contribution in [0.4, 0.5) is 0 Å². The summed E-state index contributed by atoms with van der Waals surface area (Å²) in [4.78, 5) is 28.2. The summed E-state index contributed by atoms with van der Waals surface area (Å²) in [6.07, 6.45) is -0.291. The largest absolute Gasteiger partial charge is 0.481 e. The van der Waals surface area contributed by atoms with Crippen molar-refractivity contribution in [2.45, 2.75) is 12.5 Å². The van der Waals surface area contributed by atoms with E-state index in [4.69, 9.17) is 23.2 Å². The fourth-order valence-corrected chi connectivity index (χ4v) is 3.79. The van der Waals surface area contributed by atoms with Crippen LogP contribution in [0, 0.1) is 0 Å². The Morgan fingerprint density at radius 1 is 1.15 bits per heavy atom. The van der Waals surface area contributed by atoms with Crippen molar-refractivity contribution in [1.82, 2.24) is 10.3 Å². The number of carboxylic acid groups (broad SMARTS) is 1. The van der Waals surface area contributed by atoms with Crippen LogP contribution in [0.1, 0.15) is 28.5 Å². The summed E-state index contributed by atoms with van der Waals surface area (Å²) in [7, 11) is 0. The van der Waals surface area contributed by atoms with Crippen molar-refractivity contribution >= 4 is 46.4 Å². The van der Waals surface area contributed by atoms with E-state index in [0.29, 0.717) is 20.6 Å². The molecule has 0 aliphatic carbocycles. The summed E-state index contributed by atoms with van der Waals surface area (Å²) in [5.41, 5.74) is 1.55. The second kappa shape index (κ2) is 8.52. The molecule has 2 aromatic carbocycles. The first kappa shape index (κ1) is 19.4. The van der Waals surface area contributed by atoms with Gasteiger partial charge in [-0.2, -0.15) is 0 Å². The first-order valence-electron chi connectivity index (χ1n) is 7.92. The van der Waals surface area contributed by atoms with Gasteiger partial charge in [0, 0.05) is 21.0 Å². The Morgan fingerprint density at radius 3 is 2.63 bits per heavy atom. The van der Waals surface area contributed by atoms with Gasteiger partial charge in [0.1, 0.15) is 10.7 Å². The van der Waals surface area contributed by atoms with Gasteiger partial charge in [-0.3, -0.25) is 9.59 Å². The van der Waals surface area contributed by atoms with Gasteiger partial charge in [0.05, 0.1) is 12.5 Å². The third-order valence-corrected chi connectivity index (χ3v) is 5.24. The molecule has 0 unspecified atom stereocenters. The SMILES string of the molecule is O=C(O)C[C@H](NC(=O)c1csc(-c2cccc(Cl)c2)n1)c1ccccc1Cl. The molecule has 8 heteroatoms. The van der Waals surface area contributed by atoms with Gasteiger partial charge in [0.15, 0.2) is 0 Å². The number of thiazole rings is 1. The number of nitrogens with zero attached hydrogens (tertiary/aromatic N) is 1. The summed E-state index contributed by atoms with van der Waals surface area (Å²) in [6, 6.07) is 13.2. The molecule has 1 amide bonds. The summed E-state index contributed by atoms with van der Waals surface area (Å²) in [5.74, 6) is -1.51. The molecule has 2 N–H and O–H groups in total. The quantitative estimate of drug-likeness (QED) is 0.583. The molecule has 3 rings (SSSR count). The Labute approximate surface area is 169 Å². The topological polar surface area (TPSA) is 79.3 Å². The molecular formula is C19H14Cl2N2O3S. The number of benzene rings is 2. The summed E-state index contributed by atoms with van der Waals surface area (Å²) in [6.45, 7) is 0. The van der Waals surface area contributed by atoms with Gasteiger partial charge in [-0.15, -0.1) is 11.3 Å². The van der Waals surface area contributed by atoms with Gasteiger partial charge in [-0.25, -0.2) is 4.98 Å². The smallest absolute Gasteiger partial charge is 0.305 e. The number of aromatic nitrogens is 1. The van der Waals surface area contributed by atoms with Crippen LogP contribution in [0.2, 0.25) is 10.0 Å². The first-order valence-corrected chi connectivity index (χ1v) is 9.56. The van der Waals surface area contributed by atoms with E-state index >= 15 is 0 Å². The van der Waals surface area contributed by atoms with E-state index in [1.165, 1.54) is 11.3 Å². The van der Waals surface area contributed by atoms with Crippen molar-refractivity contribution in [3.63, 3.8) is 0 Å². The van der Waals surface area contributed by atoms with Crippen LogP contribution in [-0.2, 0) is 4.79 Å². The zero-order valence-electron chi connectivity index (χ0n) is 13.9. The maximum atomic E-state index is 12.6. The zero-order chi connectivity index (χ0) is 19.4. The van der Waals surface area contributed by atoms with Crippen molar-refractivity contribution in [2.24, 2.45) is 0 Å². The molecule has 0 spiro atoms. The Kier molecular flexibility index (Phi) is 6.11. The monoisotopic (exact) mass is 420 g/mol. The predicted octanol–water partition coefficient (Wildman–Crippen LogP) is 5.06. The minimum absolute atomic E-state index is 0.206. The van der Waals surface area contributed by atoms with E-state index in [0.717, 1.165) is 5.56 Å². The number of carbonyl (C=O) groups is 2. The molecule has 0 fully saturated rings. The minimum atomic E-state index is -1.04. The van der Waals surface area contributed by atoms with Crippen molar-refractivity contribution in [1.29, 1.82) is 0 Å². The van der Waals surface area contributed by atoms with E-state index in [1.54, 1.807) is 47.8 Å². The maximum absolute atomic E-state index is 12.6. The normalized spacial score (nSPS) is 11.8. The fourth-order valence-electron chi connectivity index (χ4n) is 2.54. The molecule has 0 saturated heterocycles. The van der Waals surface area contributed by atoms with Crippen LogP contribution in [0.25, 0.3) is 10.6 Å². The highest BCUT2D eigenvalue weighted by Crippen LogP contribution is 2.28. The second-order valence-electron chi connectivity index (χ2n) is 5.69. The maximum Gasteiger partial charge on any atom is 0.305 e. The number of hydrogen-bond donors (Lipinski definition) is 2. The molecule has 0 aliphatic heterocycles. The molecule has 1 aromatic heterocycles. The molecule has 0 bridgehead atoms. The van der Waals surface area contributed by atoms with Gasteiger partial charge in [0.25, 0.3) is 5.91 Å². The Morgan fingerprint density at radius 2 is 1.93 bits per heavy atom. The number of carbonyl (C=O) groups excluding carboxylic acids is 1. The highest BCUT2D eigenvalue weighted by atomic mass is 35.5. The highest BCUT2D eigenvalue weighted by molar-refractivity contribution is 7.13. The molecule has 1 heterocycles. The summed E-state index contributed by atoms with van der Waals surface area (Å²) >= 11 is 13.5. The van der Waals surface area contributed by atoms with Gasteiger partial charge in [-0.05, 0) is 23.8 Å². The van der Waals surface area contributed by atoms with E-state index in [1.807, 2.05) is 6.07 Å². The molecule has 138 valence electrons. The molecule has 27 heavy (non-hydrogen) atoms. The molecule has 0 saturated carbocycles. The molecular weight excluding hydrogens is 407 g/mol. The molecule has 1 atom stereocenters. The van der Waals surface area contributed by atoms with E-state index in [9.17, 15) is 14.7 Å². The lowest BCUT2D eigenvalue weighted by atomic mass is 10.0. The third kappa shape index (κ3) is 4.86. The Bertz CT molecular complexity index is 990. The number of amides is 1. The lowest BCUT2D eigenvalue weighted by Crippen LogP contribution is -2.30. The first-order chi connectivity index (χ1) is 12.9. The standard InChI is InChI=1S/C19H14Cl2N2O3S/c20-12-5-3-4-11(8-12)19-23-16(10-27-19)18(26)22-15(9-17(24)25)13-6-1-2-7-14(13)21/h1-8,10,15H,9H2,(H,22,26)(H,24,25)/t15-/m0/s1.